The van der Waals surface area contributed by atoms with Crippen LogP contribution in [0, 0.1) is 12.7 Å². The van der Waals surface area contributed by atoms with Gasteiger partial charge >= 0.3 is 0 Å². The Bertz CT molecular complexity index is 743. The summed E-state index contributed by atoms with van der Waals surface area (Å²) in [4.78, 5) is -0.104. The van der Waals surface area contributed by atoms with Crippen LogP contribution in [0.4, 0.5) is 10.1 Å². The Balaban J connectivity index is 2.51. The number of aryl methyl sites for hydroxylation is 1. The van der Waals surface area contributed by atoms with E-state index >= 15 is 0 Å². The van der Waals surface area contributed by atoms with Gasteiger partial charge in [0.25, 0.3) is 10.0 Å². The molecule has 0 amide bonds. The first-order valence-corrected chi connectivity index (χ1v) is 7.84. The molecule has 2 N–H and O–H groups in total. The van der Waals surface area contributed by atoms with Crippen LogP contribution < -0.4 is 10.0 Å². The molecular formula is C15H17FN2O2S. The minimum Gasteiger partial charge on any atom is -0.326 e. The first kappa shape index (κ1) is 15.5. The molecule has 0 fully saturated rings. The average molecular weight is 308 g/mol. The molecule has 112 valence electrons. The first-order valence-electron chi connectivity index (χ1n) is 6.40. The summed E-state index contributed by atoms with van der Waals surface area (Å²) in [6.45, 7) is 1.94. The third-order valence-electron chi connectivity index (χ3n) is 3.29. The van der Waals surface area contributed by atoms with Crippen molar-refractivity contribution in [3.63, 3.8) is 0 Å². The number of anilines is 1. The number of sulfonamides is 1. The molecule has 2 rings (SSSR count). The summed E-state index contributed by atoms with van der Waals surface area (Å²) in [6.07, 6.45) is 0. The highest BCUT2D eigenvalue weighted by Crippen LogP contribution is 2.25. The van der Waals surface area contributed by atoms with Crippen molar-refractivity contribution in [2.45, 2.75) is 18.4 Å². The maximum absolute atomic E-state index is 13.4. The van der Waals surface area contributed by atoms with Gasteiger partial charge in [0.1, 0.15) is 5.82 Å². The van der Waals surface area contributed by atoms with Gasteiger partial charge in [-0.3, -0.25) is 4.31 Å². The van der Waals surface area contributed by atoms with Crippen LogP contribution in [0.25, 0.3) is 0 Å². The van der Waals surface area contributed by atoms with Gasteiger partial charge < -0.3 is 5.73 Å². The number of benzene rings is 2. The molecule has 21 heavy (non-hydrogen) atoms. The predicted molar refractivity (Wildman–Crippen MR) is 81.1 cm³/mol. The van der Waals surface area contributed by atoms with Gasteiger partial charge in [-0.25, -0.2) is 12.8 Å². The van der Waals surface area contributed by atoms with Gasteiger partial charge in [-0.2, -0.15) is 0 Å². The molecule has 0 aliphatic carbocycles. The van der Waals surface area contributed by atoms with Crippen molar-refractivity contribution in [1.29, 1.82) is 0 Å². The quantitative estimate of drug-likeness (QED) is 0.943. The Morgan fingerprint density at radius 1 is 1.14 bits per heavy atom. The molecule has 2 aromatic carbocycles. The summed E-state index contributed by atoms with van der Waals surface area (Å²) in [7, 11) is -2.42. The van der Waals surface area contributed by atoms with Crippen LogP contribution in [0.3, 0.4) is 0 Å². The molecule has 0 unspecified atom stereocenters. The van der Waals surface area contributed by atoms with Crippen molar-refractivity contribution in [2.24, 2.45) is 5.73 Å². The van der Waals surface area contributed by atoms with Crippen molar-refractivity contribution < 1.29 is 12.8 Å². The largest absolute Gasteiger partial charge is 0.326 e. The second-order valence-electron chi connectivity index (χ2n) is 4.76. The van der Waals surface area contributed by atoms with Gasteiger partial charge in [-0.1, -0.05) is 23.8 Å². The monoisotopic (exact) mass is 308 g/mol. The van der Waals surface area contributed by atoms with Gasteiger partial charge in [-0.05, 0) is 36.8 Å². The van der Waals surface area contributed by atoms with Crippen molar-refractivity contribution in [2.75, 3.05) is 11.4 Å². The van der Waals surface area contributed by atoms with Crippen molar-refractivity contribution in [3.8, 4) is 0 Å². The summed E-state index contributed by atoms with van der Waals surface area (Å²) in [5.74, 6) is -0.608. The zero-order valence-electron chi connectivity index (χ0n) is 11.9. The first-order chi connectivity index (χ1) is 9.86. The van der Waals surface area contributed by atoms with Crippen LogP contribution in [-0.4, -0.2) is 15.5 Å². The normalized spacial score (nSPS) is 11.4. The van der Waals surface area contributed by atoms with Gasteiger partial charge in [0.05, 0.1) is 10.6 Å². The topological polar surface area (TPSA) is 63.4 Å². The minimum absolute atomic E-state index is 0.0244. The molecule has 0 heterocycles. The Morgan fingerprint density at radius 3 is 2.33 bits per heavy atom. The Hall–Kier alpha value is -1.92. The van der Waals surface area contributed by atoms with E-state index in [-0.39, 0.29) is 11.4 Å². The fourth-order valence-electron chi connectivity index (χ4n) is 1.98. The number of rotatable bonds is 4. The van der Waals surface area contributed by atoms with Gasteiger partial charge in [0.15, 0.2) is 0 Å². The highest BCUT2D eigenvalue weighted by molar-refractivity contribution is 7.92. The van der Waals surface area contributed by atoms with Crippen LogP contribution in [0.1, 0.15) is 11.1 Å². The lowest BCUT2D eigenvalue weighted by Crippen LogP contribution is -2.28. The van der Waals surface area contributed by atoms with Crippen molar-refractivity contribution >= 4 is 15.7 Å². The van der Waals surface area contributed by atoms with Gasteiger partial charge in [0, 0.05) is 13.6 Å². The molecule has 0 spiro atoms. The zero-order chi connectivity index (χ0) is 15.6. The summed E-state index contributed by atoms with van der Waals surface area (Å²) in [5, 5.41) is 0. The van der Waals surface area contributed by atoms with Crippen LogP contribution in [0.2, 0.25) is 0 Å². The van der Waals surface area contributed by atoms with E-state index in [1.807, 2.05) is 19.1 Å². The van der Waals surface area contributed by atoms with E-state index in [0.717, 1.165) is 15.9 Å². The number of halogens is 1. The van der Waals surface area contributed by atoms with Crippen molar-refractivity contribution in [3.05, 3.63) is 59.4 Å². The van der Waals surface area contributed by atoms with Crippen LogP contribution in [-0.2, 0) is 16.6 Å². The van der Waals surface area contributed by atoms with Gasteiger partial charge in [0.2, 0.25) is 0 Å². The lowest BCUT2D eigenvalue weighted by atomic mass is 10.2. The molecule has 0 saturated heterocycles. The molecule has 0 aliphatic heterocycles. The molecule has 0 radical (unpaired) electrons. The summed E-state index contributed by atoms with van der Waals surface area (Å²) in [6, 6.07) is 10.6. The van der Waals surface area contributed by atoms with Crippen LogP contribution in [0.5, 0.6) is 0 Å². The molecule has 4 nitrogen and oxygen atoms in total. The molecule has 0 bridgehead atoms. The molecular weight excluding hydrogens is 291 g/mol. The second-order valence-corrected chi connectivity index (χ2v) is 6.70. The molecule has 6 heteroatoms. The van der Waals surface area contributed by atoms with E-state index in [4.69, 9.17) is 5.73 Å². The van der Waals surface area contributed by atoms with Crippen LogP contribution in [0.15, 0.2) is 47.4 Å². The number of hydrogen-bond acceptors (Lipinski definition) is 3. The Labute approximate surface area is 124 Å². The maximum atomic E-state index is 13.4. The number of nitrogens with two attached hydrogens (primary N) is 1. The Kier molecular flexibility index (Phi) is 4.29. The van der Waals surface area contributed by atoms with E-state index in [0.29, 0.717) is 11.3 Å². The highest BCUT2D eigenvalue weighted by atomic mass is 32.2. The van der Waals surface area contributed by atoms with E-state index in [9.17, 15) is 12.8 Å². The molecule has 0 aromatic heterocycles. The lowest BCUT2D eigenvalue weighted by molar-refractivity contribution is 0.587. The predicted octanol–water partition coefficient (Wildman–Crippen LogP) is 2.42. The standard InChI is InChI=1S/C15H17FN2O2S/c1-11-3-7-14(8-4-11)18(2)21(19,20)15-9-13(16)6-5-12(15)10-17/h3-9H,10,17H2,1-2H3. The molecule has 0 aliphatic rings. The van der Waals surface area contributed by atoms with Gasteiger partial charge in [-0.15, -0.1) is 0 Å². The fraction of sp³-hybridized carbons (Fsp3) is 0.200. The van der Waals surface area contributed by atoms with E-state index in [2.05, 4.69) is 0 Å². The van der Waals surface area contributed by atoms with Crippen molar-refractivity contribution in [1.82, 2.24) is 0 Å². The third-order valence-corrected chi connectivity index (χ3v) is 5.15. The SMILES string of the molecule is Cc1ccc(N(C)S(=O)(=O)c2cc(F)ccc2CN)cc1. The molecule has 0 saturated carbocycles. The minimum atomic E-state index is -3.86. The fourth-order valence-corrected chi connectivity index (χ4v) is 3.42. The molecule has 0 atom stereocenters. The summed E-state index contributed by atoms with van der Waals surface area (Å²) >= 11 is 0. The highest BCUT2D eigenvalue weighted by Gasteiger charge is 2.24. The Morgan fingerprint density at radius 2 is 1.76 bits per heavy atom. The van der Waals surface area contributed by atoms with E-state index in [1.54, 1.807) is 12.1 Å². The third kappa shape index (κ3) is 3.06. The van der Waals surface area contributed by atoms with E-state index < -0.39 is 15.8 Å². The molecule has 2 aromatic rings. The number of hydrogen-bond donors (Lipinski definition) is 1. The van der Waals surface area contributed by atoms with E-state index in [1.165, 1.54) is 19.2 Å². The maximum Gasteiger partial charge on any atom is 0.264 e. The summed E-state index contributed by atoms with van der Waals surface area (Å²) < 4.78 is 39.8. The number of nitrogens with zero attached hydrogens (tertiary/aromatic N) is 1. The lowest BCUT2D eigenvalue weighted by Gasteiger charge is -2.21. The summed E-state index contributed by atoms with van der Waals surface area (Å²) in [5.41, 5.74) is 7.47. The average Bonchev–Trinajstić information content (AvgIpc) is 2.47. The van der Waals surface area contributed by atoms with Crippen LogP contribution >= 0.6 is 0 Å². The second kappa shape index (κ2) is 5.83. The zero-order valence-corrected chi connectivity index (χ0v) is 12.7. The smallest absolute Gasteiger partial charge is 0.264 e.